The van der Waals surface area contributed by atoms with Crippen molar-refractivity contribution in [2.75, 3.05) is 12.4 Å². The van der Waals surface area contributed by atoms with E-state index in [2.05, 4.69) is 15.8 Å². The van der Waals surface area contributed by atoms with Gasteiger partial charge in [0.15, 0.2) is 5.82 Å². The Kier molecular flexibility index (Phi) is 9.06. The Morgan fingerprint density at radius 1 is 1.09 bits per heavy atom. The standard InChI is InChI=1S/C26H38N4O5/c1-9-26(6,7)30(22(32)15-14-21(31)27-20-16-17(2)35-29-20)23(24(33)28-25(3,4)5)18-10-12-19(34-8)13-11-18/h10-13,16,23H,9,14-15H2,1-8H3,(H,28,33)(H,27,29,31)/t23-/m0/s1. The van der Waals surface area contributed by atoms with Crippen molar-refractivity contribution in [3.8, 4) is 5.75 Å². The summed E-state index contributed by atoms with van der Waals surface area (Å²) < 4.78 is 10.2. The molecule has 0 unspecified atom stereocenters. The lowest BCUT2D eigenvalue weighted by Crippen LogP contribution is -2.55. The first kappa shape index (κ1) is 27.9. The maximum atomic E-state index is 13.6. The molecule has 0 bridgehead atoms. The third-order valence-corrected chi connectivity index (χ3v) is 5.68. The number of ether oxygens (including phenoxy) is 1. The Labute approximate surface area is 207 Å². The van der Waals surface area contributed by atoms with Crippen LogP contribution in [0.3, 0.4) is 0 Å². The number of carbonyl (C=O) groups excluding carboxylic acids is 3. The van der Waals surface area contributed by atoms with Gasteiger partial charge in [-0.3, -0.25) is 14.4 Å². The number of hydrogen-bond acceptors (Lipinski definition) is 6. The van der Waals surface area contributed by atoms with Crippen LogP contribution in [0.15, 0.2) is 34.9 Å². The maximum absolute atomic E-state index is 13.6. The first-order valence-corrected chi connectivity index (χ1v) is 11.8. The van der Waals surface area contributed by atoms with E-state index in [1.807, 2.05) is 41.5 Å². The van der Waals surface area contributed by atoms with Gasteiger partial charge in [0.05, 0.1) is 7.11 Å². The Morgan fingerprint density at radius 2 is 1.71 bits per heavy atom. The third-order valence-electron chi connectivity index (χ3n) is 5.68. The van der Waals surface area contributed by atoms with Gasteiger partial charge in [-0.2, -0.15) is 0 Å². The molecule has 0 aliphatic carbocycles. The summed E-state index contributed by atoms with van der Waals surface area (Å²) in [4.78, 5) is 41.2. The second kappa shape index (κ2) is 11.4. The van der Waals surface area contributed by atoms with Gasteiger partial charge < -0.3 is 24.8 Å². The summed E-state index contributed by atoms with van der Waals surface area (Å²) in [6.45, 7) is 13.2. The Hall–Kier alpha value is -3.36. The van der Waals surface area contributed by atoms with Crippen LogP contribution in [0.5, 0.6) is 5.75 Å². The molecule has 35 heavy (non-hydrogen) atoms. The molecule has 2 rings (SSSR count). The number of nitrogens with zero attached hydrogens (tertiary/aromatic N) is 2. The van der Waals surface area contributed by atoms with Crippen molar-refractivity contribution in [3.63, 3.8) is 0 Å². The normalized spacial score (nSPS) is 12.6. The zero-order valence-electron chi connectivity index (χ0n) is 22.0. The van der Waals surface area contributed by atoms with E-state index in [0.717, 1.165) is 0 Å². The number of anilines is 1. The molecule has 0 aliphatic heterocycles. The molecule has 1 atom stereocenters. The summed E-state index contributed by atoms with van der Waals surface area (Å²) in [5.41, 5.74) is -0.496. The largest absolute Gasteiger partial charge is 0.497 e. The van der Waals surface area contributed by atoms with Crippen molar-refractivity contribution >= 4 is 23.5 Å². The van der Waals surface area contributed by atoms with Gasteiger partial charge in [-0.1, -0.05) is 24.2 Å². The summed E-state index contributed by atoms with van der Waals surface area (Å²) in [6, 6.07) is 7.82. The summed E-state index contributed by atoms with van der Waals surface area (Å²) in [7, 11) is 1.57. The zero-order valence-corrected chi connectivity index (χ0v) is 22.0. The molecule has 9 nitrogen and oxygen atoms in total. The van der Waals surface area contributed by atoms with Crippen molar-refractivity contribution in [1.29, 1.82) is 0 Å². The second-order valence-corrected chi connectivity index (χ2v) is 10.2. The van der Waals surface area contributed by atoms with Crippen LogP contribution in [0.4, 0.5) is 5.82 Å². The fourth-order valence-corrected chi connectivity index (χ4v) is 3.61. The number of aromatic nitrogens is 1. The lowest BCUT2D eigenvalue weighted by molar-refractivity contribution is -0.148. The number of hydrogen-bond donors (Lipinski definition) is 2. The van der Waals surface area contributed by atoms with Crippen LogP contribution in [-0.4, -0.2) is 46.0 Å². The van der Waals surface area contributed by atoms with Gasteiger partial charge in [-0.25, -0.2) is 0 Å². The summed E-state index contributed by atoms with van der Waals surface area (Å²) >= 11 is 0. The number of aryl methyl sites for hydroxylation is 1. The van der Waals surface area contributed by atoms with Crippen LogP contribution in [0.1, 0.15) is 78.2 Å². The molecule has 1 aromatic heterocycles. The molecule has 9 heteroatoms. The Morgan fingerprint density at radius 3 is 2.20 bits per heavy atom. The van der Waals surface area contributed by atoms with Crippen LogP contribution in [-0.2, 0) is 14.4 Å². The van der Waals surface area contributed by atoms with Crippen LogP contribution in [0, 0.1) is 6.92 Å². The van der Waals surface area contributed by atoms with E-state index in [1.165, 1.54) is 0 Å². The fourth-order valence-electron chi connectivity index (χ4n) is 3.61. The minimum absolute atomic E-state index is 0.0583. The number of benzene rings is 1. The van der Waals surface area contributed by atoms with Gasteiger partial charge in [0.25, 0.3) is 0 Å². The van der Waals surface area contributed by atoms with Crippen molar-refractivity contribution in [3.05, 3.63) is 41.7 Å². The summed E-state index contributed by atoms with van der Waals surface area (Å²) in [5, 5.41) is 9.39. The first-order valence-electron chi connectivity index (χ1n) is 11.8. The highest BCUT2D eigenvalue weighted by Crippen LogP contribution is 2.33. The molecule has 0 saturated heterocycles. The summed E-state index contributed by atoms with van der Waals surface area (Å²) in [5.74, 6) is 0.566. The van der Waals surface area contributed by atoms with Gasteiger partial charge in [0.2, 0.25) is 17.7 Å². The lowest BCUT2D eigenvalue weighted by Gasteiger charge is -2.44. The van der Waals surface area contributed by atoms with Crippen LogP contribution >= 0.6 is 0 Å². The highest BCUT2D eigenvalue weighted by atomic mass is 16.5. The van der Waals surface area contributed by atoms with E-state index in [1.54, 1.807) is 49.3 Å². The molecule has 2 aromatic rings. The van der Waals surface area contributed by atoms with Crippen molar-refractivity contribution < 1.29 is 23.6 Å². The molecule has 3 amide bonds. The quantitative estimate of drug-likeness (QED) is 0.515. The molecule has 192 valence electrons. The van der Waals surface area contributed by atoms with Gasteiger partial charge in [-0.15, -0.1) is 0 Å². The van der Waals surface area contributed by atoms with Gasteiger partial charge in [0, 0.05) is 30.0 Å². The van der Waals surface area contributed by atoms with Crippen LogP contribution in [0.2, 0.25) is 0 Å². The molecule has 0 spiro atoms. The average molecular weight is 487 g/mol. The number of carbonyl (C=O) groups is 3. The van der Waals surface area contributed by atoms with Gasteiger partial charge in [0.1, 0.15) is 17.6 Å². The smallest absolute Gasteiger partial charge is 0.247 e. The highest BCUT2D eigenvalue weighted by molar-refractivity contribution is 5.94. The number of nitrogens with one attached hydrogen (secondary N) is 2. The monoisotopic (exact) mass is 486 g/mol. The fraction of sp³-hybridized carbons (Fsp3) is 0.538. The van der Waals surface area contributed by atoms with E-state index >= 15 is 0 Å². The molecule has 2 N–H and O–H groups in total. The van der Waals surface area contributed by atoms with Crippen LogP contribution in [0.25, 0.3) is 0 Å². The second-order valence-electron chi connectivity index (χ2n) is 10.2. The van der Waals surface area contributed by atoms with Crippen LogP contribution < -0.4 is 15.4 Å². The Balaban J connectivity index is 2.36. The van der Waals surface area contributed by atoms with Gasteiger partial charge >= 0.3 is 0 Å². The number of rotatable bonds is 10. The molecule has 0 aliphatic rings. The minimum atomic E-state index is -0.885. The minimum Gasteiger partial charge on any atom is -0.497 e. The first-order chi connectivity index (χ1) is 16.3. The molecular formula is C26H38N4O5. The zero-order chi connectivity index (χ0) is 26.4. The van der Waals surface area contributed by atoms with E-state index in [0.29, 0.717) is 29.3 Å². The molecule has 0 saturated carbocycles. The number of methoxy groups -OCH3 is 1. The van der Waals surface area contributed by atoms with E-state index in [9.17, 15) is 14.4 Å². The third kappa shape index (κ3) is 7.83. The van der Waals surface area contributed by atoms with Gasteiger partial charge in [-0.05, 0) is 65.7 Å². The van der Waals surface area contributed by atoms with E-state index in [-0.39, 0.29) is 30.6 Å². The van der Waals surface area contributed by atoms with Crippen molar-refractivity contribution in [1.82, 2.24) is 15.4 Å². The number of amides is 3. The molecule has 1 aromatic carbocycles. The van der Waals surface area contributed by atoms with E-state index < -0.39 is 17.1 Å². The van der Waals surface area contributed by atoms with Crippen molar-refractivity contribution in [2.24, 2.45) is 0 Å². The molecule has 0 radical (unpaired) electrons. The van der Waals surface area contributed by atoms with Crippen molar-refractivity contribution in [2.45, 2.75) is 84.8 Å². The predicted molar refractivity (Wildman–Crippen MR) is 134 cm³/mol. The predicted octanol–water partition coefficient (Wildman–Crippen LogP) is 4.38. The SMILES string of the molecule is CCC(C)(C)N(C(=O)CCC(=O)Nc1cc(C)on1)[C@H](C(=O)NC(C)(C)C)c1ccc(OC)cc1. The molecular weight excluding hydrogens is 448 g/mol. The van der Waals surface area contributed by atoms with E-state index in [4.69, 9.17) is 9.26 Å². The average Bonchev–Trinajstić information content (AvgIpc) is 3.18. The molecule has 0 fully saturated rings. The Bertz CT molecular complexity index is 1020. The summed E-state index contributed by atoms with van der Waals surface area (Å²) in [6.07, 6.45) is 0.484. The highest BCUT2D eigenvalue weighted by Gasteiger charge is 2.40. The molecule has 1 heterocycles. The topological polar surface area (TPSA) is 114 Å². The lowest BCUT2D eigenvalue weighted by atomic mass is 9.92. The maximum Gasteiger partial charge on any atom is 0.247 e.